The number of aliphatic hydroxyl groups is 1. The van der Waals surface area contributed by atoms with Crippen LogP contribution in [0.15, 0.2) is 42.0 Å². The van der Waals surface area contributed by atoms with E-state index in [-0.39, 0.29) is 11.3 Å². The van der Waals surface area contributed by atoms with Gasteiger partial charge in [-0.2, -0.15) is 0 Å². The van der Waals surface area contributed by atoms with E-state index in [2.05, 4.69) is 18.7 Å². The number of methoxy groups -OCH3 is 1. The Morgan fingerprint density at radius 2 is 1.76 bits per heavy atom. The molecule has 0 saturated carbocycles. The molecule has 0 bridgehead atoms. The smallest absolute Gasteiger partial charge is 0.295 e. The molecule has 2 aliphatic heterocycles. The largest absolute Gasteiger partial charge is 0.507 e. The minimum absolute atomic E-state index is 0.0285. The number of rotatable bonds is 11. The third kappa shape index (κ3) is 5.43. The van der Waals surface area contributed by atoms with Crippen LogP contribution in [0.5, 0.6) is 23.0 Å². The number of nitrogens with zero attached hydrogens (tertiary/aromatic N) is 2. The van der Waals surface area contributed by atoms with E-state index in [9.17, 15) is 14.7 Å². The highest BCUT2D eigenvalue weighted by molar-refractivity contribution is 6.46. The summed E-state index contributed by atoms with van der Waals surface area (Å²) in [5.41, 5.74) is 1.05. The summed E-state index contributed by atoms with van der Waals surface area (Å²) in [7, 11) is 1.54. The number of carbonyl (C=O) groups is 2. The van der Waals surface area contributed by atoms with Crippen molar-refractivity contribution < 1.29 is 33.6 Å². The lowest BCUT2D eigenvalue weighted by Gasteiger charge is -2.27. The molecule has 1 atom stereocenters. The van der Waals surface area contributed by atoms with Gasteiger partial charge < -0.3 is 33.9 Å². The van der Waals surface area contributed by atoms with E-state index in [1.165, 1.54) is 7.11 Å². The molecule has 2 aromatic rings. The number of benzene rings is 2. The fraction of sp³-hybridized carbons (Fsp3) is 0.448. The van der Waals surface area contributed by atoms with Crippen LogP contribution in [0.3, 0.4) is 0 Å². The highest BCUT2D eigenvalue weighted by atomic mass is 16.6. The average molecular weight is 525 g/mol. The van der Waals surface area contributed by atoms with Gasteiger partial charge in [0.25, 0.3) is 11.7 Å². The molecule has 2 heterocycles. The first-order valence-corrected chi connectivity index (χ1v) is 13.1. The van der Waals surface area contributed by atoms with Crippen LogP contribution < -0.4 is 18.9 Å². The predicted molar refractivity (Wildman–Crippen MR) is 143 cm³/mol. The Kier molecular flexibility index (Phi) is 8.78. The van der Waals surface area contributed by atoms with Gasteiger partial charge in [-0.25, -0.2) is 0 Å². The second kappa shape index (κ2) is 12.2. The van der Waals surface area contributed by atoms with Crippen molar-refractivity contribution in [2.75, 3.05) is 53.1 Å². The molecule has 1 saturated heterocycles. The molecular formula is C29H36N2O7. The van der Waals surface area contributed by atoms with Crippen molar-refractivity contribution in [1.82, 2.24) is 9.80 Å². The van der Waals surface area contributed by atoms with Crippen molar-refractivity contribution in [2.45, 2.75) is 33.2 Å². The van der Waals surface area contributed by atoms with Gasteiger partial charge in [-0.1, -0.05) is 19.9 Å². The zero-order valence-electron chi connectivity index (χ0n) is 22.5. The SMILES string of the molecule is CCOc1ccc([C@H]2/C(=C(\O)c3ccc4c(c3)OCCO4)C(=O)C(=O)N2CCCN(CC)CC)cc1OC. The molecular weight excluding hydrogens is 488 g/mol. The van der Waals surface area contributed by atoms with E-state index in [4.69, 9.17) is 18.9 Å². The number of hydrogen-bond acceptors (Lipinski definition) is 8. The number of aliphatic hydroxyl groups excluding tert-OH is 1. The van der Waals surface area contributed by atoms with E-state index >= 15 is 0 Å². The summed E-state index contributed by atoms with van der Waals surface area (Å²) >= 11 is 0. The van der Waals surface area contributed by atoms with Gasteiger partial charge in [0.1, 0.15) is 19.0 Å². The Labute approximate surface area is 223 Å². The molecule has 2 aromatic carbocycles. The third-order valence-electron chi connectivity index (χ3n) is 6.93. The number of likely N-dealkylation sites (tertiary alicyclic amines) is 1. The summed E-state index contributed by atoms with van der Waals surface area (Å²) in [6.07, 6.45) is 0.684. The lowest BCUT2D eigenvalue weighted by Crippen LogP contribution is -2.33. The number of amides is 1. The zero-order chi connectivity index (χ0) is 27.2. The van der Waals surface area contributed by atoms with E-state index in [1.807, 2.05) is 6.92 Å². The Morgan fingerprint density at radius 3 is 2.45 bits per heavy atom. The number of ether oxygens (including phenoxy) is 4. The molecule has 0 spiro atoms. The van der Waals surface area contributed by atoms with Gasteiger partial charge in [-0.05, 0) is 68.9 Å². The lowest BCUT2D eigenvalue weighted by atomic mass is 9.94. The van der Waals surface area contributed by atoms with Crippen LogP contribution in [0.25, 0.3) is 5.76 Å². The summed E-state index contributed by atoms with van der Waals surface area (Å²) in [4.78, 5) is 30.5. The topological polar surface area (TPSA) is 97.8 Å². The summed E-state index contributed by atoms with van der Waals surface area (Å²) in [6, 6.07) is 9.52. The van der Waals surface area contributed by atoms with Crippen molar-refractivity contribution in [3.8, 4) is 23.0 Å². The average Bonchev–Trinajstić information content (AvgIpc) is 3.20. The first-order chi connectivity index (χ1) is 18.4. The van der Waals surface area contributed by atoms with Crippen molar-refractivity contribution >= 4 is 17.4 Å². The van der Waals surface area contributed by atoms with Crippen LogP contribution in [0.1, 0.15) is 44.4 Å². The molecule has 0 aromatic heterocycles. The molecule has 9 heteroatoms. The Morgan fingerprint density at radius 1 is 1.03 bits per heavy atom. The first kappa shape index (κ1) is 27.3. The fourth-order valence-corrected chi connectivity index (χ4v) is 4.94. The molecule has 1 fully saturated rings. The standard InChI is InChI=1S/C29H36N2O7/c1-5-30(6-2)13-8-14-31-26(19-9-11-21(36-7-3)23(17-19)35-4)25(28(33)29(31)34)27(32)20-10-12-22-24(18-20)38-16-15-37-22/h9-12,17-18,26,32H,5-8,13-16H2,1-4H3/b27-25+/t26-/m0/s1. The Bertz CT molecular complexity index is 1210. The molecule has 1 amide bonds. The third-order valence-corrected chi connectivity index (χ3v) is 6.93. The van der Waals surface area contributed by atoms with Gasteiger partial charge in [0.15, 0.2) is 23.0 Å². The molecule has 1 N–H and O–H groups in total. The molecule has 0 aliphatic carbocycles. The molecule has 2 aliphatic rings. The second-order valence-electron chi connectivity index (χ2n) is 9.07. The monoisotopic (exact) mass is 524 g/mol. The van der Waals surface area contributed by atoms with Gasteiger partial charge >= 0.3 is 0 Å². The van der Waals surface area contributed by atoms with Crippen molar-refractivity contribution in [2.24, 2.45) is 0 Å². The van der Waals surface area contributed by atoms with Crippen LogP contribution in [0.4, 0.5) is 0 Å². The quantitative estimate of drug-likeness (QED) is 0.268. The van der Waals surface area contributed by atoms with Crippen LogP contribution in [0, 0.1) is 0 Å². The number of ketones is 1. The van der Waals surface area contributed by atoms with Crippen LogP contribution >= 0.6 is 0 Å². The summed E-state index contributed by atoms with van der Waals surface area (Å²) < 4.78 is 22.5. The molecule has 4 rings (SSSR count). The molecule has 38 heavy (non-hydrogen) atoms. The molecule has 9 nitrogen and oxygen atoms in total. The number of Topliss-reactive ketones (excluding diaryl/α,β-unsaturated/α-hetero) is 1. The van der Waals surface area contributed by atoms with E-state index in [0.29, 0.717) is 66.9 Å². The maximum absolute atomic E-state index is 13.4. The fourth-order valence-electron chi connectivity index (χ4n) is 4.94. The van der Waals surface area contributed by atoms with E-state index in [0.717, 1.165) is 19.6 Å². The van der Waals surface area contributed by atoms with Crippen molar-refractivity contribution in [3.05, 3.63) is 53.1 Å². The number of carbonyl (C=O) groups excluding carboxylic acids is 2. The van der Waals surface area contributed by atoms with Crippen LogP contribution in [-0.4, -0.2) is 79.7 Å². The molecule has 0 unspecified atom stereocenters. The highest BCUT2D eigenvalue weighted by Crippen LogP contribution is 2.43. The van der Waals surface area contributed by atoms with Gasteiger partial charge in [0, 0.05) is 12.1 Å². The second-order valence-corrected chi connectivity index (χ2v) is 9.07. The summed E-state index contributed by atoms with van der Waals surface area (Å²) in [6.45, 7) is 10.3. The molecule has 0 radical (unpaired) electrons. The zero-order valence-corrected chi connectivity index (χ0v) is 22.5. The maximum Gasteiger partial charge on any atom is 0.295 e. The summed E-state index contributed by atoms with van der Waals surface area (Å²) in [5, 5.41) is 11.4. The van der Waals surface area contributed by atoms with Crippen LogP contribution in [0.2, 0.25) is 0 Å². The lowest BCUT2D eigenvalue weighted by molar-refractivity contribution is -0.140. The summed E-state index contributed by atoms with van der Waals surface area (Å²) in [5.74, 6) is 0.468. The van der Waals surface area contributed by atoms with Gasteiger partial charge in [-0.3, -0.25) is 9.59 Å². The highest BCUT2D eigenvalue weighted by Gasteiger charge is 2.46. The van der Waals surface area contributed by atoms with Crippen LogP contribution in [-0.2, 0) is 9.59 Å². The minimum Gasteiger partial charge on any atom is -0.507 e. The number of fused-ring (bicyclic) bond motifs is 1. The Hall–Kier alpha value is -3.72. The first-order valence-electron chi connectivity index (χ1n) is 13.1. The predicted octanol–water partition coefficient (Wildman–Crippen LogP) is 4.02. The van der Waals surface area contributed by atoms with Gasteiger partial charge in [0.2, 0.25) is 0 Å². The minimum atomic E-state index is -0.788. The number of hydrogen-bond donors (Lipinski definition) is 1. The van der Waals surface area contributed by atoms with E-state index in [1.54, 1.807) is 41.3 Å². The van der Waals surface area contributed by atoms with Crippen molar-refractivity contribution in [1.29, 1.82) is 0 Å². The maximum atomic E-state index is 13.4. The van der Waals surface area contributed by atoms with Gasteiger partial charge in [0.05, 0.1) is 25.3 Å². The van der Waals surface area contributed by atoms with Gasteiger partial charge in [-0.15, -0.1) is 0 Å². The normalized spacial score (nSPS) is 18.2. The molecule has 204 valence electrons. The van der Waals surface area contributed by atoms with Crippen molar-refractivity contribution in [3.63, 3.8) is 0 Å². The Balaban J connectivity index is 1.78. The van der Waals surface area contributed by atoms with E-state index < -0.39 is 17.7 Å².